The van der Waals surface area contributed by atoms with Gasteiger partial charge in [-0.05, 0) is 43.0 Å². The lowest BCUT2D eigenvalue weighted by Crippen LogP contribution is -2.40. The summed E-state index contributed by atoms with van der Waals surface area (Å²) in [5.41, 5.74) is 0.952. The topological polar surface area (TPSA) is 55.4 Å². The van der Waals surface area contributed by atoms with E-state index in [1.807, 2.05) is 12.1 Å². The first kappa shape index (κ1) is 15.1. The Morgan fingerprint density at radius 3 is 2.45 bits per heavy atom. The van der Waals surface area contributed by atoms with Crippen molar-refractivity contribution >= 4 is 35.1 Å². The predicted octanol–water partition coefficient (Wildman–Crippen LogP) is 2.77. The fourth-order valence-electron chi connectivity index (χ4n) is 2.20. The van der Waals surface area contributed by atoms with Crippen LogP contribution in [-0.4, -0.2) is 25.0 Å². The lowest BCUT2D eigenvalue weighted by atomic mass is 10.1. The highest BCUT2D eigenvalue weighted by molar-refractivity contribution is 6.34. The minimum atomic E-state index is -0.642. The van der Waals surface area contributed by atoms with Crippen LogP contribution in [0.5, 0.6) is 0 Å². The van der Waals surface area contributed by atoms with Crippen molar-refractivity contribution in [3.05, 3.63) is 33.8 Å². The van der Waals surface area contributed by atoms with E-state index in [-0.39, 0.29) is 17.7 Å². The first-order valence-corrected chi connectivity index (χ1v) is 7.02. The van der Waals surface area contributed by atoms with Gasteiger partial charge in [0.1, 0.15) is 6.04 Å². The highest BCUT2D eigenvalue weighted by Gasteiger charge is 2.44. The van der Waals surface area contributed by atoms with Gasteiger partial charge in [0.25, 0.3) is 0 Å². The van der Waals surface area contributed by atoms with Crippen molar-refractivity contribution in [1.82, 2.24) is 5.32 Å². The Hall–Kier alpha value is -1.26. The van der Waals surface area contributed by atoms with Gasteiger partial charge < -0.3 is 10.1 Å². The van der Waals surface area contributed by atoms with Gasteiger partial charge in [-0.2, -0.15) is 0 Å². The molecule has 0 bridgehead atoms. The number of halogens is 2. The Balaban J connectivity index is 1.97. The smallest absolute Gasteiger partial charge is 0.328 e. The zero-order chi connectivity index (χ0) is 14.9. The SMILES string of the molecule is COC(=O)[C@@H](C)NC(=O)[C@H]1C[C@@H]1c1cc(Cl)cc(Cl)c1. The van der Waals surface area contributed by atoms with Crippen molar-refractivity contribution in [2.45, 2.75) is 25.3 Å². The third-order valence-corrected chi connectivity index (χ3v) is 3.79. The van der Waals surface area contributed by atoms with E-state index < -0.39 is 12.0 Å². The quantitative estimate of drug-likeness (QED) is 0.869. The molecule has 4 nitrogen and oxygen atoms in total. The number of hydrogen-bond acceptors (Lipinski definition) is 3. The van der Waals surface area contributed by atoms with Gasteiger partial charge in [-0.3, -0.25) is 4.79 Å². The van der Waals surface area contributed by atoms with Crippen LogP contribution in [-0.2, 0) is 14.3 Å². The number of nitrogens with one attached hydrogen (secondary N) is 1. The van der Waals surface area contributed by atoms with Crippen molar-refractivity contribution in [2.24, 2.45) is 5.92 Å². The normalized spacial score (nSPS) is 22.0. The molecule has 0 radical (unpaired) electrons. The second-order valence-electron chi connectivity index (χ2n) is 4.90. The molecule has 0 unspecified atom stereocenters. The first-order valence-electron chi connectivity index (χ1n) is 6.26. The molecule has 1 aliphatic carbocycles. The first-order chi connectivity index (χ1) is 9.42. The molecule has 1 amide bonds. The minimum Gasteiger partial charge on any atom is -0.467 e. The summed E-state index contributed by atoms with van der Waals surface area (Å²) in [7, 11) is 1.29. The van der Waals surface area contributed by atoms with E-state index in [0.717, 1.165) is 12.0 Å². The summed E-state index contributed by atoms with van der Waals surface area (Å²) in [5, 5.41) is 3.76. The molecule has 3 atom stereocenters. The van der Waals surface area contributed by atoms with Crippen molar-refractivity contribution < 1.29 is 14.3 Å². The second kappa shape index (κ2) is 6.02. The Kier molecular flexibility index (Phi) is 4.55. The average molecular weight is 316 g/mol. The predicted molar refractivity (Wildman–Crippen MR) is 76.9 cm³/mol. The highest BCUT2D eigenvalue weighted by atomic mass is 35.5. The van der Waals surface area contributed by atoms with Gasteiger partial charge in [-0.15, -0.1) is 0 Å². The summed E-state index contributed by atoms with van der Waals surface area (Å²) in [4.78, 5) is 23.3. The van der Waals surface area contributed by atoms with Crippen LogP contribution in [0.25, 0.3) is 0 Å². The number of hydrogen-bond donors (Lipinski definition) is 1. The van der Waals surface area contributed by atoms with Crippen LogP contribution in [0.15, 0.2) is 18.2 Å². The summed E-state index contributed by atoms with van der Waals surface area (Å²) >= 11 is 11.9. The van der Waals surface area contributed by atoms with E-state index in [2.05, 4.69) is 10.1 Å². The van der Waals surface area contributed by atoms with Crippen molar-refractivity contribution in [3.63, 3.8) is 0 Å². The molecule has 6 heteroatoms. The number of benzene rings is 1. The largest absolute Gasteiger partial charge is 0.467 e. The van der Waals surface area contributed by atoms with Gasteiger partial charge in [0.15, 0.2) is 0 Å². The fourth-order valence-corrected chi connectivity index (χ4v) is 2.74. The highest BCUT2D eigenvalue weighted by Crippen LogP contribution is 2.48. The molecule has 2 rings (SSSR count). The van der Waals surface area contributed by atoms with Gasteiger partial charge in [0.05, 0.1) is 7.11 Å². The van der Waals surface area contributed by atoms with E-state index in [4.69, 9.17) is 23.2 Å². The van der Waals surface area contributed by atoms with Gasteiger partial charge >= 0.3 is 5.97 Å². The third kappa shape index (κ3) is 3.44. The summed E-state index contributed by atoms with van der Waals surface area (Å²) in [5.74, 6) is -0.641. The van der Waals surface area contributed by atoms with Crippen LogP contribution < -0.4 is 5.32 Å². The van der Waals surface area contributed by atoms with Gasteiger partial charge in [-0.1, -0.05) is 23.2 Å². The van der Waals surface area contributed by atoms with Gasteiger partial charge in [0, 0.05) is 16.0 Å². The van der Waals surface area contributed by atoms with Crippen LogP contribution in [0, 0.1) is 5.92 Å². The maximum Gasteiger partial charge on any atom is 0.328 e. The number of amides is 1. The number of esters is 1. The van der Waals surface area contributed by atoms with Crippen molar-refractivity contribution in [3.8, 4) is 0 Å². The molecule has 1 fully saturated rings. The molecule has 20 heavy (non-hydrogen) atoms. The molecular formula is C14H15Cl2NO3. The number of methoxy groups -OCH3 is 1. The van der Waals surface area contributed by atoms with E-state index in [1.54, 1.807) is 13.0 Å². The Labute approximate surface area is 127 Å². The summed E-state index contributed by atoms with van der Waals surface area (Å²) < 4.78 is 4.57. The average Bonchev–Trinajstić information content (AvgIpc) is 3.16. The molecule has 1 aliphatic rings. The maximum absolute atomic E-state index is 12.0. The zero-order valence-corrected chi connectivity index (χ0v) is 12.7. The van der Waals surface area contributed by atoms with Crippen LogP contribution in [0.2, 0.25) is 10.0 Å². The van der Waals surface area contributed by atoms with Gasteiger partial charge in [0.2, 0.25) is 5.91 Å². The summed E-state index contributed by atoms with van der Waals surface area (Å²) in [6.07, 6.45) is 0.733. The molecule has 0 saturated heterocycles. The molecule has 108 valence electrons. The van der Waals surface area contributed by atoms with E-state index in [0.29, 0.717) is 10.0 Å². The second-order valence-corrected chi connectivity index (χ2v) is 5.78. The van der Waals surface area contributed by atoms with Gasteiger partial charge in [-0.25, -0.2) is 4.79 Å². The monoisotopic (exact) mass is 315 g/mol. The van der Waals surface area contributed by atoms with E-state index in [9.17, 15) is 9.59 Å². The number of rotatable bonds is 4. The number of ether oxygens (including phenoxy) is 1. The number of carbonyl (C=O) groups is 2. The molecular weight excluding hydrogens is 301 g/mol. The third-order valence-electron chi connectivity index (χ3n) is 3.35. The van der Waals surface area contributed by atoms with Crippen LogP contribution >= 0.6 is 23.2 Å². The van der Waals surface area contributed by atoms with E-state index >= 15 is 0 Å². The molecule has 1 saturated carbocycles. The Morgan fingerprint density at radius 1 is 1.30 bits per heavy atom. The van der Waals surface area contributed by atoms with Crippen LogP contribution in [0.1, 0.15) is 24.8 Å². The molecule has 1 aromatic rings. The summed E-state index contributed by atoms with van der Waals surface area (Å²) in [6, 6.07) is 4.64. The number of carbonyl (C=O) groups excluding carboxylic acids is 2. The molecule has 0 aromatic heterocycles. The van der Waals surface area contributed by atoms with Crippen molar-refractivity contribution in [2.75, 3.05) is 7.11 Å². The van der Waals surface area contributed by atoms with E-state index in [1.165, 1.54) is 7.11 Å². The molecule has 0 aliphatic heterocycles. The van der Waals surface area contributed by atoms with Crippen molar-refractivity contribution in [1.29, 1.82) is 0 Å². The summed E-state index contributed by atoms with van der Waals surface area (Å²) in [6.45, 7) is 1.59. The fraction of sp³-hybridized carbons (Fsp3) is 0.429. The standard InChI is InChI=1S/C14H15Cl2NO3/c1-7(14(19)20-2)17-13(18)12-6-11(12)8-3-9(15)5-10(16)4-8/h3-5,7,11-12H,6H2,1-2H3,(H,17,18)/t7-,11-,12+/m1/s1. The molecule has 1 aromatic carbocycles. The lowest BCUT2D eigenvalue weighted by molar-refractivity contribution is -0.144. The molecule has 1 N–H and O–H groups in total. The molecule has 0 spiro atoms. The van der Waals surface area contributed by atoms with Crippen LogP contribution in [0.3, 0.4) is 0 Å². The van der Waals surface area contributed by atoms with Crippen LogP contribution in [0.4, 0.5) is 0 Å². The Morgan fingerprint density at radius 2 is 1.90 bits per heavy atom. The zero-order valence-electron chi connectivity index (χ0n) is 11.2. The minimum absolute atomic E-state index is 0.107. The Bertz CT molecular complexity index is 527. The lowest BCUT2D eigenvalue weighted by Gasteiger charge is -2.11. The molecule has 0 heterocycles. The maximum atomic E-state index is 12.0.